The zero-order valence-electron chi connectivity index (χ0n) is 8.08. The second-order valence-electron chi connectivity index (χ2n) is 3.71. The Kier molecular flexibility index (Phi) is 2.00. The van der Waals surface area contributed by atoms with E-state index in [2.05, 4.69) is 32.0 Å². The molecule has 1 aliphatic heterocycles. The molecule has 0 spiro atoms. The maximum atomic E-state index is 5.71. The van der Waals surface area contributed by atoms with Gasteiger partial charge in [0.25, 0.3) is 0 Å². The summed E-state index contributed by atoms with van der Waals surface area (Å²) < 4.78 is 5.71. The molecule has 2 rings (SSSR count). The number of benzene rings is 1. The van der Waals surface area contributed by atoms with Crippen LogP contribution in [0.5, 0.6) is 5.75 Å². The van der Waals surface area contributed by atoms with Gasteiger partial charge in [0, 0.05) is 18.0 Å². The maximum absolute atomic E-state index is 5.71. The molecule has 1 aromatic carbocycles. The van der Waals surface area contributed by atoms with Crippen LogP contribution in [0.3, 0.4) is 0 Å². The molecule has 0 amide bonds. The molecule has 1 aliphatic rings. The van der Waals surface area contributed by atoms with E-state index in [-0.39, 0.29) is 6.10 Å². The lowest BCUT2D eigenvalue weighted by atomic mass is 9.96. The standard InChI is InChI=1S/C11H15NO/c1-7-3-4-9-10(6-12)8(2)13-11(9)5-7/h3-5,8,10H,6,12H2,1-2H3. The van der Waals surface area contributed by atoms with Crippen molar-refractivity contribution >= 4 is 0 Å². The summed E-state index contributed by atoms with van der Waals surface area (Å²) in [5, 5.41) is 0. The van der Waals surface area contributed by atoms with Crippen LogP contribution < -0.4 is 10.5 Å². The fraction of sp³-hybridized carbons (Fsp3) is 0.455. The van der Waals surface area contributed by atoms with Crippen molar-refractivity contribution in [2.75, 3.05) is 6.54 Å². The van der Waals surface area contributed by atoms with E-state index in [4.69, 9.17) is 10.5 Å². The van der Waals surface area contributed by atoms with E-state index >= 15 is 0 Å². The summed E-state index contributed by atoms with van der Waals surface area (Å²) in [6.07, 6.45) is 0.224. The molecular weight excluding hydrogens is 162 g/mol. The van der Waals surface area contributed by atoms with Crippen LogP contribution in [0, 0.1) is 6.92 Å². The number of aryl methyl sites for hydroxylation is 1. The van der Waals surface area contributed by atoms with Crippen molar-refractivity contribution in [1.29, 1.82) is 0 Å². The number of ether oxygens (including phenoxy) is 1. The first kappa shape index (κ1) is 8.57. The quantitative estimate of drug-likeness (QED) is 0.710. The highest BCUT2D eigenvalue weighted by Crippen LogP contribution is 2.37. The second-order valence-corrected chi connectivity index (χ2v) is 3.71. The molecule has 2 nitrogen and oxygen atoms in total. The fourth-order valence-electron chi connectivity index (χ4n) is 1.90. The topological polar surface area (TPSA) is 35.2 Å². The fourth-order valence-corrected chi connectivity index (χ4v) is 1.90. The molecule has 0 fully saturated rings. The van der Waals surface area contributed by atoms with E-state index in [1.165, 1.54) is 11.1 Å². The summed E-state index contributed by atoms with van der Waals surface area (Å²) in [6, 6.07) is 6.33. The van der Waals surface area contributed by atoms with Crippen LogP contribution in [-0.2, 0) is 0 Å². The van der Waals surface area contributed by atoms with E-state index in [0.717, 1.165) is 5.75 Å². The predicted octanol–water partition coefficient (Wildman–Crippen LogP) is 1.82. The first-order valence-corrected chi connectivity index (χ1v) is 4.69. The zero-order valence-corrected chi connectivity index (χ0v) is 8.08. The summed E-state index contributed by atoms with van der Waals surface area (Å²) in [4.78, 5) is 0. The maximum Gasteiger partial charge on any atom is 0.123 e. The van der Waals surface area contributed by atoms with Crippen molar-refractivity contribution in [3.63, 3.8) is 0 Å². The van der Waals surface area contributed by atoms with Crippen molar-refractivity contribution in [2.24, 2.45) is 5.73 Å². The van der Waals surface area contributed by atoms with Crippen LogP contribution in [-0.4, -0.2) is 12.6 Å². The van der Waals surface area contributed by atoms with E-state index in [9.17, 15) is 0 Å². The molecule has 0 bridgehead atoms. The summed E-state index contributed by atoms with van der Waals surface area (Å²) in [7, 11) is 0. The van der Waals surface area contributed by atoms with Gasteiger partial charge < -0.3 is 10.5 Å². The third-order valence-corrected chi connectivity index (χ3v) is 2.70. The monoisotopic (exact) mass is 177 g/mol. The Morgan fingerprint density at radius 1 is 1.46 bits per heavy atom. The van der Waals surface area contributed by atoms with Gasteiger partial charge in [0.15, 0.2) is 0 Å². The van der Waals surface area contributed by atoms with Gasteiger partial charge in [0.05, 0.1) is 0 Å². The van der Waals surface area contributed by atoms with Gasteiger partial charge in [-0.2, -0.15) is 0 Å². The molecule has 2 atom stereocenters. The Bertz CT molecular complexity index is 322. The minimum Gasteiger partial charge on any atom is -0.490 e. The van der Waals surface area contributed by atoms with E-state index in [0.29, 0.717) is 12.5 Å². The van der Waals surface area contributed by atoms with Crippen LogP contribution in [0.4, 0.5) is 0 Å². The number of hydrogen-bond acceptors (Lipinski definition) is 2. The van der Waals surface area contributed by atoms with Gasteiger partial charge in [0.2, 0.25) is 0 Å². The lowest BCUT2D eigenvalue weighted by molar-refractivity contribution is 0.228. The average molecular weight is 177 g/mol. The van der Waals surface area contributed by atoms with Crippen LogP contribution in [0.15, 0.2) is 18.2 Å². The second kappa shape index (κ2) is 3.04. The highest BCUT2D eigenvalue weighted by atomic mass is 16.5. The molecule has 0 radical (unpaired) electrons. The molecule has 1 aromatic rings. The molecule has 2 heteroatoms. The van der Waals surface area contributed by atoms with Crippen LogP contribution in [0.25, 0.3) is 0 Å². The Balaban J connectivity index is 2.42. The minimum atomic E-state index is 0.224. The van der Waals surface area contributed by atoms with Gasteiger partial charge in [-0.05, 0) is 25.5 Å². The van der Waals surface area contributed by atoms with Gasteiger partial charge in [-0.3, -0.25) is 0 Å². The SMILES string of the molecule is Cc1ccc2c(c1)OC(C)C2CN. The smallest absolute Gasteiger partial charge is 0.123 e. The van der Waals surface area contributed by atoms with Crippen molar-refractivity contribution in [3.8, 4) is 5.75 Å². The summed E-state index contributed by atoms with van der Waals surface area (Å²) >= 11 is 0. The number of fused-ring (bicyclic) bond motifs is 1. The highest BCUT2D eigenvalue weighted by Gasteiger charge is 2.29. The number of rotatable bonds is 1. The van der Waals surface area contributed by atoms with Crippen LogP contribution in [0.1, 0.15) is 24.0 Å². The van der Waals surface area contributed by atoms with Crippen molar-refractivity contribution in [1.82, 2.24) is 0 Å². The number of hydrogen-bond donors (Lipinski definition) is 1. The van der Waals surface area contributed by atoms with Gasteiger partial charge in [0.1, 0.15) is 11.9 Å². The van der Waals surface area contributed by atoms with Crippen molar-refractivity contribution < 1.29 is 4.74 Å². The Morgan fingerprint density at radius 2 is 2.23 bits per heavy atom. The molecule has 0 aromatic heterocycles. The van der Waals surface area contributed by atoms with Crippen molar-refractivity contribution in [3.05, 3.63) is 29.3 Å². The van der Waals surface area contributed by atoms with Crippen molar-refractivity contribution in [2.45, 2.75) is 25.9 Å². The lowest BCUT2D eigenvalue weighted by Gasteiger charge is -2.10. The molecule has 13 heavy (non-hydrogen) atoms. The Hall–Kier alpha value is -1.02. The molecule has 70 valence electrons. The van der Waals surface area contributed by atoms with Crippen LogP contribution in [0.2, 0.25) is 0 Å². The molecule has 0 saturated heterocycles. The van der Waals surface area contributed by atoms with E-state index in [1.54, 1.807) is 0 Å². The average Bonchev–Trinajstić information content (AvgIpc) is 2.39. The molecule has 2 N–H and O–H groups in total. The zero-order chi connectivity index (χ0) is 9.42. The highest BCUT2D eigenvalue weighted by molar-refractivity contribution is 5.43. The normalized spacial score (nSPS) is 25.5. The minimum absolute atomic E-state index is 0.224. The first-order valence-electron chi connectivity index (χ1n) is 4.69. The third kappa shape index (κ3) is 1.31. The summed E-state index contributed by atoms with van der Waals surface area (Å²) in [6.45, 7) is 4.81. The van der Waals surface area contributed by atoms with Crippen LogP contribution >= 0.6 is 0 Å². The van der Waals surface area contributed by atoms with E-state index in [1.807, 2.05) is 0 Å². The first-order chi connectivity index (χ1) is 6.22. The third-order valence-electron chi connectivity index (χ3n) is 2.70. The van der Waals surface area contributed by atoms with E-state index < -0.39 is 0 Å². The Morgan fingerprint density at radius 3 is 2.92 bits per heavy atom. The van der Waals surface area contributed by atoms with Gasteiger partial charge in [-0.1, -0.05) is 12.1 Å². The van der Waals surface area contributed by atoms with Gasteiger partial charge in [-0.25, -0.2) is 0 Å². The summed E-state index contributed by atoms with van der Waals surface area (Å²) in [5.41, 5.74) is 8.20. The van der Waals surface area contributed by atoms with Gasteiger partial charge >= 0.3 is 0 Å². The Labute approximate surface area is 78.7 Å². The molecule has 2 unspecified atom stereocenters. The van der Waals surface area contributed by atoms with Gasteiger partial charge in [-0.15, -0.1) is 0 Å². The summed E-state index contributed by atoms with van der Waals surface area (Å²) in [5.74, 6) is 1.39. The molecular formula is C11H15NO. The molecule has 0 saturated carbocycles. The predicted molar refractivity (Wildman–Crippen MR) is 53.1 cm³/mol. The lowest BCUT2D eigenvalue weighted by Crippen LogP contribution is -2.21. The molecule has 1 heterocycles. The largest absolute Gasteiger partial charge is 0.490 e. The number of nitrogens with two attached hydrogens (primary N) is 1. The molecule has 0 aliphatic carbocycles.